The summed E-state index contributed by atoms with van der Waals surface area (Å²) >= 11 is 5.77. The Morgan fingerprint density at radius 1 is 0.906 bits per heavy atom. The van der Waals surface area contributed by atoms with Crippen molar-refractivity contribution in [2.24, 2.45) is 0 Å². The van der Waals surface area contributed by atoms with Crippen LogP contribution in [0, 0.1) is 0 Å². The van der Waals surface area contributed by atoms with Crippen molar-refractivity contribution < 1.29 is 22.8 Å². The predicted molar refractivity (Wildman–Crippen MR) is 121 cm³/mol. The average molecular weight is 481 g/mol. The van der Waals surface area contributed by atoms with Crippen molar-refractivity contribution in [3.05, 3.63) is 64.7 Å². The van der Waals surface area contributed by atoms with Gasteiger partial charge >= 0.3 is 0 Å². The molecule has 3 amide bonds. The molecule has 11 heteroatoms. The zero-order valence-electron chi connectivity index (χ0n) is 17.7. The van der Waals surface area contributed by atoms with Crippen LogP contribution in [0.3, 0.4) is 0 Å². The van der Waals surface area contributed by atoms with E-state index in [1.165, 1.54) is 28.6 Å². The van der Waals surface area contributed by atoms with E-state index in [2.05, 4.69) is 16.2 Å². The molecule has 0 aromatic heterocycles. The maximum Gasteiger partial charge on any atom is 0.269 e. The molecule has 0 fully saturated rings. The largest absolute Gasteiger partial charge is 0.352 e. The monoisotopic (exact) mass is 480 g/mol. The molecule has 0 atom stereocenters. The highest BCUT2D eigenvalue weighted by molar-refractivity contribution is 7.89. The van der Waals surface area contributed by atoms with E-state index in [9.17, 15) is 22.8 Å². The molecule has 0 heterocycles. The first-order chi connectivity index (χ1) is 15.2. The lowest BCUT2D eigenvalue weighted by molar-refractivity contribution is -0.121. The van der Waals surface area contributed by atoms with Gasteiger partial charge in [0.25, 0.3) is 11.8 Å². The van der Waals surface area contributed by atoms with Gasteiger partial charge in [0, 0.05) is 42.2 Å². The van der Waals surface area contributed by atoms with Gasteiger partial charge in [0.1, 0.15) is 0 Å². The van der Waals surface area contributed by atoms with E-state index in [4.69, 9.17) is 11.6 Å². The summed E-state index contributed by atoms with van der Waals surface area (Å²) in [6.07, 6.45) is -0.0734. The van der Waals surface area contributed by atoms with E-state index in [-0.39, 0.29) is 29.3 Å². The summed E-state index contributed by atoms with van der Waals surface area (Å²) in [7, 11) is -3.72. The molecule has 32 heavy (non-hydrogen) atoms. The van der Waals surface area contributed by atoms with Gasteiger partial charge in [0.05, 0.1) is 4.90 Å². The van der Waals surface area contributed by atoms with Gasteiger partial charge in [-0.15, -0.1) is 0 Å². The summed E-state index contributed by atoms with van der Waals surface area (Å²) in [6, 6.07) is 11.9. The van der Waals surface area contributed by atoms with Crippen LogP contribution < -0.4 is 16.2 Å². The maximum atomic E-state index is 12.6. The lowest BCUT2D eigenvalue weighted by Gasteiger charge is -2.18. The predicted octanol–water partition coefficient (Wildman–Crippen LogP) is 1.95. The van der Waals surface area contributed by atoms with E-state index < -0.39 is 21.8 Å². The van der Waals surface area contributed by atoms with E-state index in [0.717, 1.165) is 0 Å². The van der Waals surface area contributed by atoms with Crippen molar-refractivity contribution in [1.29, 1.82) is 0 Å². The van der Waals surface area contributed by atoms with Gasteiger partial charge in [-0.25, -0.2) is 8.42 Å². The average Bonchev–Trinajstić information content (AvgIpc) is 2.78. The molecule has 9 nitrogen and oxygen atoms in total. The number of hydrogen-bond donors (Lipinski definition) is 3. The molecule has 0 aliphatic heterocycles. The van der Waals surface area contributed by atoms with Gasteiger partial charge in [-0.1, -0.05) is 31.5 Å². The van der Waals surface area contributed by atoms with E-state index in [0.29, 0.717) is 23.7 Å². The zero-order chi connectivity index (χ0) is 23.7. The van der Waals surface area contributed by atoms with E-state index in [1.807, 2.05) is 0 Å². The molecule has 2 aromatic carbocycles. The second kappa shape index (κ2) is 11.6. The lowest BCUT2D eigenvalue weighted by Crippen LogP contribution is -2.42. The van der Waals surface area contributed by atoms with Gasteiger partial charge in [0.15, 0.2) is 0 Å². The first-order valence-corrected chi connectivity index (χ1v) is 11.7. The van der Waals surface area contributed by atoms with Gasteiger partial charge in [-0.05, 0) is 42.5 Å². The highest BCUT2D eigenvalue weighted by Gasteiger charge is 2.22. The molecule has 3 N–H and O–H groups in total. The van der Waals surface area contributed by atoms with E-state index in [1.54, 1.807) is 38.1 Å². The third-order valence-electron chi connectivity index (χ3n) is 4.50. The highest BCUT2D eigenvalue weighted by atomic mass is 35.5. The van der Waals surface area contributed by atoms with Gasteiger partial charge in [-0.3, -0.25) is 25.2 Å². The fourth-order valence-corrected chi connectivity index (χ4v) is 4.39. The fraction of sp³-hybridized carbons (Fsp3) is 0.286. The second-order valence-electron chi connectivity index (χ2n) is 6.63. The normalized spacial score (nSPS) is 11.1. The molecule has 0 bridgehead atoms. The third kappa shape index (κ3) is 6.78. The maximum absolute atomic E-state index is 12.6. The second-order valence-corrected chi connectivity index (χ2v) is 9.01. The van der Waals surface area contributed by atoms with Gasteiger partial charge in [0.2, 0.25) is 15.9 Å². The minimum atomic E-state index is -3.72. The number of benzene rings is 2. The Bertz CT molecular complexity index is 1070. The molecule has 0 aliphatic carbocycles. The van der Waals surface area contributed by atoms with Crippen molar-refractivity contribution in [3.63, 3.8) is 0 Å². The number of nitrogens with zero attached hydrogens (tertiary/aromatic N) is 1. The van der Waals surface area contributed by atoms with Crippen LogP contribution in [0.4, 0.5) is 0 Å². The van der Waals surface area contributed by atoms with Crippen molar-refractivity contribution in [1.82, 2.24) is 20.5 Å². The summed E-state index contributed by atoms with van der Waals surface area (Å²) in [4.78, 5) is 36.2. The first kappa shape index (κ1) is 25.3. The summed E-state index contributed by atoms with van der Waals surface area (Å²) < 4.78 is 26.5. The molecular formula is C21H25ClN4O5S. The Morgan fingerprint density at radius 2 is 1.56 bits per heavy atom. The third-order valence-corrected chi connectivity index (χ3v) is 6.80. The SMILES string of the molecule is CCN(CC)S(=O)(=O)c1cccc(C(=O)NNC(=O)CCNC(=O)c2ccc(Cl)cc2)c1. The van der Waals surface area contributed by atoms with Gasteiger partial charge < -0.3 is 5.32 Å². The number of amides is 3. The Hall–Kier alpha value is -2.95. The van der Waals surface area contributed by atoms with Crippen molar-refractivity contribution in [2.45, 2.75) is 25.2 Å². The number of hydrazine groups is 1. The Kier molecular flexibility index (Phi) is 9.18. The Morgan fingerprint density at radius 3 is 2.19 bits per heavy atom. The summed E-state index contributed by atoms with van der Waals surface area (Å²) in [6.45, 7) is 4.12. The van der Waals surface area contributed by atoms with Crippen LogP contribution in [-0.4, -0.2) is 50.1 Å². The minimum absolute atomic E-state index is 0.00918. The van der Waals surface area contributed by atoms with Gasteiger partial charge in [-0.2, -0.15) is 4.31 Å². The van der Waals surface area contributed by atoms with Crippen molar-refractivity contribution >= 4 is 39.3 Å². The van der Waals surface area contributed by atoms with E-state index >= 15 is 0 Å². The van der Waals surface area contributed by atoms with Crippen molar-refractivity contribution in [3.8, 4) is 0 Å². The van der Waals surface area contributed by atoms with Crippen LogP contribution in [0.25, 0.3) is 0 Å². The van der Waals surface area contributed by atoms with Crippen LogP contribution in [0.5, 0.6) is 0 Å². The van der Waals surface area contributed by atoms with Crippen LogP contribution in [0.2, 0.25) is 5.02 Å². The number of carbonyl (C=O) groups is 3. The summed E-state index contributed by atoms with van der Waals surface area (Å²) in [5, 5.41) is 3.09. The number of nitrogens with one attached hydrogen (secondary N) is 3. The van der Waals surface area contributed by atoms with Crippen LogP contribution in [-0.2, 0) is 14.8 Å². The first-order valence-electron chi connectivity index (χ1n) is 9.92. The Balaban J connectivity index is 1.86. The zero-order valence-corrected chi connectivity index (χ0v) is 19.3. The number of hydrogen-bond acceptors (Lipinski definition) is 5. The molecule has 2 aromatic rings. The topological polar surface area (TPSA) is 125 Å². The Labute approximate surface area is 192 Å². The molecule has 0 saturated heterocycles. The van der Waals surface area contributed by atoms with Crippen LogP contribution in [0.15, 0.2) is 53.4 Å². The molecule has 172 valence electrons. The molecular weight excluding hydrogens is 456 g/mol. The molecule has 2 rings (SSSR count). The number of carbonyl (C=O) groups excluding carboxylic acids is 3. The number of sulfonamides is 1. The number of halogens is 1. The molecule has 0 spiro atoms. The highest BCUT2D eigenvalue weighted by Crippen LogP contribution is 2.17. The quantitative estimate of drug-likeness (QED) is 0.473. The number of rotatable bonds is 9. The fourth-order valence-electron chi connectivity index (χ4n) is 2.76. The van der Waals surface area contributed by atoms with Crippen LogP contribution >= 0.6 is 11.6 Å². The van der Waals surface area contributed by atoms with Crippen molar-refractivity contribution in [2.75, 3.05) is 19.6 Å². The van der Waals surface area contributed by atoms with Crippen LogP contribution in [0.1, 0.15) is 41.0 Å². The smallest absolute Gasteiger partial charge is 0.269 e. The minimum Gasteiger partial charge on any atom is -0.352 e. The molecule has 0 unspecified atom stereocenters. The molecule has 0 radical (unpaired) electrons. The standard InChI is InChI=1S/C21H25ClN4O5S/c1-3-26(4-2)32(30,31)18-7-5-6-16(14-18)21(29)25-24-19(27)12-13-23-20(28)15-8-10-17(22)11-9-15/h5-11,14H,3-4,12-13H2,1-2H3,(H,23,28)(H,24,27)(H,25,29). The molecule has 0 saturated carbocycles. The lowest BCUT2D eigenvalue weighted by atomic mass is 10.2. The molecule has 0 aliphatic rings. The summed E-state index contributed by atoms with van der Waals surface area (Å²) in [5.41, 5.74) is 4.96. The summed E-state index contributed by atoms with van der Waals surface area (Å²) in [5.74, 6) is -1.55.